The SMILES string of the molecule is O=C(NO)c1ccc(CN2CCCc3cc(Cl)c(F)cc32)cc1. The standard InChI is InChI=1S/C17H16ClFN2O2/c18-14-8-13-2-1-7-21(16(13)9-15(14)19)10-11-3-5-12(6-4-11)17(22)20-23/h3-6,8-9,23H,1-2,7,10H2,(H,20,22). The Morgan fingerprint density at radius 1 is 1.30 bits per heavy atom. The third kappa shape index (κ3) is 3.30. The second-order valence-electron chi connectivity index (χ2n) is 5.56. The Hall–Kier alpha value is -2.11. The van der Waals surface area contributed by atoms with Gasteiger partial charge in [-0.25, -0.2) is 9.87 Å². The van der Waals surface area contributed by atoms with Crippen LogP contribution in [0.3, 0.4) is 0 Å². The summed E-state index contributed by atoms with van der Waals surface area (Å²) in [4.78, 5) is 13.4. The lowest BCUT2D eigenvalue weighted by molar-refractivity contribution is 0.0706. The van der Waals surface area contributed by atoms with Crippen LogP contribution in [0.1, 0.15) is 27.9 Å². The maximum atomic E-state index is 13.8. The topological polar surface area (TPSA) is 52.6 Å². The molecule has 0 unspecified atom stereocenters. The molecule has 0 saturated carbocycles. The van der Waals surface area contributed by atoms with Gasteiger partial charge in [-0.3, -0.25) is 10.0 Å². The normalized spacial score (nSPS) is 13.6. The number of halogens is 2. The molecule has 2 aromatic carbocycles. The zero-order valence-corrected chi connectivity index (χ0v) is 13.1. The molecule has 0 fully saturated rings. The molecule has 2 N–H and O–H groups in total. The van der Waals surface area contributed by atoms with Gasteiger partial charge in [0.05, 0.1) is 5.02 Å². The second kappa shape index (κ2) is 6.56. The first-order valence-electron chi connectivity index (χ1n) is 7.34. The lowest BCUT2D eigenvalue weighted by Gasteiger charge is -2.31. The lowest BCUT2D eigenvalue weighted by atomic mass is 10.0. The van der Waals surface area contributed by atoms with Crippen LogP contribution in [0.25, 0.3) is 0 Å². The van der Waals surface area contributed by atoms with Gasteiger partial charge in [0, 0.05) is 24.3 Å². The number of hydroxylamine groups is 1. The number of anilines is 1. The minimum atomic E-state index is -0.545. The number of carbonyl (C=O) groups is 1. The number of nitrogens with zero attached hydrogens (tertiary/aromatic N) is 1. The largest absolute Gasteiger partial charge is 0.367 e. The van der Waals surface area contributed by atoms with E-state index in [4.69, 9.17) is 16.8 Å². The average Bonchev–Trinajstić information content (AvgIpc) is 2.56. The summed E-state index contributed by atoms with van der Waals surface area (Å²) >= 11 is 5.86. The van der Waals surface area contributed by atoms with Gasteiger partial charge in [0.1, 0.15) is 5.82 Å². The molecule has 0 aromatic heterocycles. The molecule has 3 rings (SSSR count). The molecule has 0 radical (unpaired) electrons. The van der Waals surface area contributed by atoms with Gasteiger partial charge in [-0.2, -0.15) is 0 Å². The van der Waals surface area contributed by atoms with E-state index in [2.05, 4.69) is 4.90 Å². The number of amides is 1. The van der Waals surface area contributed by atoms with Crippen LogP contribution in [-0.4, -0.2) is 17.7 Å². The van der Waals surface area contributed by atoms with Crippen LogP contribution in [0.15, 0.2) is 36.4 Å². The van der Waals surface area contributed by atoms with Crippen LogP contribution in [0.4, 0.5) is 10.1 Å². The highest BCUT2D eigenvalue weighted by Gasteiger charge is 2.19. The van der Waals surface area contributed by atoms with Crippen LogP contribution >= 0.6 is 11.6 Å². The van der Waals surface area contributed by atoms with E-state index >= 15 is 0 Å². The zero-order chi connectivity index (χ0) is 16.4. The minimum Gasteiger partial charge on any atom is -0.367 e. The number of rotatable bonds is 3. The van der Waals surface area contributed by atoms with Crippen LogP contribution in [0, 0.1) is 5.82 Å². The zero-order valence-electron chi connectivity index (χ0n) is 12.4. The fourth-order valence-corrected chi connectivity index (χ4v) is 3.05. The summed E-state index contributed by atoms with van der Waals surface area (Å²) in [6.45, 7) is 1.46. The predicted octanol–water partition coefficient (Wildman–Crippen LogP) is 3.55. The quantitative estimate of drug-likeness (QED) is 0.666. The Morgan fingerprint density at radius 3 is 2.74 bits per heavy atom. The van der Waals surface area contributed by atoms with Gasteiger partial charge in [0.25, 0.3) is 5.91 Å². The van der Waals surface area contributed by atoms with Gasteiger partial charge in [0.15, 0.2) is 0 Å². The fraction of sp³-hybridized carbons (Fsp3) is 0.235. The van der Waals surface area contributed by atoms with Crippen molar-refractivity contribution in [2.24, 2.45) is 0 Å². The molecule has 1 heterocycles. The van der Waals surface area contributed by atoms with Gasteiger partial charge in [0.2, 0.25) is 0 Å². The van der Waals surface area contributed by atoms with E-state index in [-0.39, 0.29) is 5.02 Å². The molecule has 1 aliphatic rings. The van der Waals surface area contributed by atoms with Crippen LogP contribution in [-0.2, 0) is 13.0 Å². The summed E-state index contributed by atoms with van der Waals surface area (Å²) in [7, 11) is 0. The van der Waals surface area contributed by atoms with E-state index < -0.39 is 11.7 Å². The van der Waals surface area contributed by atoms with Crippen molar-refractivity contribution >= 4 is 23.2 Å². The van der Waals surface area contributed by atoms with E-state index in [1.165, 1.54) is 6.07 Å². The Kier molecular flexibility index (Phi) is 4.50. The first-order valence-corrected chi connectivity index (χ1v) is 7.72. The van der Waals surface area contributed by atoms with Crippen molar-refractivity contribution in [3.8, 4) is 0 Å². The number of aryl methyl sites for hydroxylation is 1. The van der Waals surface area contributed by atoms with E-state index in [9.17, 15) is 9.18 Å². The molecule has 0 saturated heterocycles. The monoisotopic (exact) mass is 334 g/mol. The molecule has 120 valence electrons. The van der Waals surface area contributed by atoms with Gasteiger partial charge in [-0.05, 0) is 48.2 Å². The molecule has 0 aliphatic carbocycles. The lowest BCUT2D eigenvalue weighted by Crippen LogP contribution is -2.29. The average molecular weight is 335 g/mol. The minimum absolute atomic E-state index is 0.157. The summed E-state index contributed by atoms with van der Waals surface area (Å²) in [6.07, 6.45) is 1.88. The van der Waals surface area contributed by atoms with Crippen molar-refractivity contribution < 1.29 is 14.4 Å². The van der Waals surface area contributed by atoms with E-state index in [1.54, 1.807) is 23.7 Å². The highest BCUT2D eigenvalue weighted by molar-refractivity contribution is 6.30. The number of nitrogens with one attached hydrogen (secondary N) is 1. The van der Waals surface area contributed by atoms with E-state index in [0.29, 0.717) is 12.1 Å². The summed E-state index contributed by atoms with van der Waals surface area (Å²) in [6, 6.07) is 10.1. The number of fused-ring (bicyclic) bond motifs is 1. The smallest absolute Gasteiger partial charge is 0.274 e. The van der Waals surface area contributed by atoms with Crippen molar-refractivity contribution in [2.75, 3.05) is 11.4 Å². The summed E-state index contributed by atoms with van der Waals surface area (Å²) in [5.74, 6) is -0.955. The molecule has 6 heteroatoms. The molecule has 0 spiro atoms. The maximum absolute atomic E-state index is 13.8. The van der Waals surface area contributed by atoms with Gasteiger partial charge in [-0.15, -0.1) is 0 Å². The molecule has 1 amide bonds. The first kappa shape index (κ1) is 15.8. The number of carbonyl (C=O) groups excluding carboxylic acids is 1. The highest BCUT2D eigenvalue weighted by atomic mass is 35.5. The molecule has 23 heavy (non-hydrogen) atoms. The van der Waals surface area contributed by atoms with Crippen LogP contribution in [0.2, 0.25) is 5.02 Å². The molecule has 1 aliphatic heterocycles. The van der Waals surface area contributed by atoms with Crippen LogP contribution < -0.4 is 10.4 Å². The summed E-state index contributed by atoms with van der Waals surface area (Å²) < 4.78 is 13.8. The van der Waals surface area contributed by atoms with Crippen molar-refractivity contribution in [1.29, 1.82) is 0 Å². The first-order chi connectivity index (χ1) is 11.1. The molecule has 0 bridgehead atoms. The summed E-state index contributed by atoms with van der Waals surface area (Å²) in [5, 5.41) is 8.78. The Balaban J connectivity index is 1.82. The van der Waals surface area contributed by atoms with E-state index in [0.717, 1.165) is 36.2 Å². The van der Waals surface area contributed by atoms with Crippen LogP contribution in [0.5, 0.6) is 0 Å². The Bertz CT molecular complexity index is 734. The number of hydrogen-bond acceptors (Lipinski definition) is 3. The molecule has 2 aromatic rings. The van der Waals surface area contributed by atoms with Crippen molar-refractivity contribution in [3.05, 3.63) is 63.9 Å². The second-order valence-corrected chi connectivity index (χ2v) is 5.97. The van der Waals surface area contributed by atoms with Crippen molar-refractivity contribution in [2.45, 2.75) is 19.4 Å². The maximum Gasteiger partial charge on any atom is 0.274 e. The van der Waals surface area contributed by atoms with Gasteiger partial charge < -0.3 is 4.90 Å². The highest BCUT2D eigenvalue weighted by Crippen LogP contribution is 2.32. The number of benzene rings is 2. The molecular weight excluding hydrogens is 319 g/mol. The van der Waals surface area contributed by atoms with E-state index in [1.807, 2.05) is 12.1 Å². The molecular formula is C17H16ClFN2O2. The molecule has 4 nitrogen and oxygen atoms in total. The third-order valence-electron chi connectivity index (χ3n) is 4.03. The Labute approximate surface area is 138 Å². The third-order valence-corrected chi connectivity index (χ3v) is 4.32. The Morgan fingerprint density at radius 2 is 2.04 bits per heavy atom. The van der Waals surface area contributed by atoms with Crippen molar-refractivity contribution in [3.63, 3.8) is 0 Å². The van der Waals surface area contributed by atoms with Gasteiger partial charge >= 0.3 is 0 Å². The fourth-order valence-electron chi connectivity index (χ4n) is 2.86. The predicted molar refractivity (Wildman–Crippen MR) is 86.5 cm³/mol. The molecule has 0 atom stereocenters. The summed E-state index contributed by atoms with van der Waals surface area (Å²) in [5.41, 5.74) is 4.91. The van der Waals surface area contributed by atoms with Crippen molar-refractivity contribution in [1.82, 2.24) is 5.48 Å². The van der Waals surface area contributed by atoms with Gasteiger partial charge in [-0.1, -0.05) is 23.7 Å². The number of hydrogen-bond donors (Lipinski definition) is 2.